The highest BCUT2D eigenvalue weighted by molar-refractivity contribution is 7.99. The first-order valence-electron chi connectivity index (χ1n) is 5.89. The van der Waals surface area contributed by atoms with Gasteiger partial charge in [0.05, 0.1) is 12.9 Å². The lowest BCUT2D eigenvalue weighted by Gasteiger charge is -2.09. The number of nitrogens with two attached hydrogens (primary N) is 1. The number of rotatable bonds is 6. The van der Waals surface area contributed by atoms with E-state index in [1.807, 2.05) is 37.3 Å². The average Bonchev–Trinajstić information content (AvgIpc) is 2.81. The maximum absolute atomic E-state index is 5.73. The molecule has 2 rings (SSSR count). The minimum absolute atomic E-state index is 0.504. The van der Waals surface area contributed by atoms with Crippen molar-refractivity contribution in [1.29, 1.82) is 0 Å². The Hall–Kier alpha value is -1.39. The summed E-state index contributed by atoms with van der Waals surface area (Å²) < 4.78 is 11.0. The molecule has 3 nitrogen and oxygen atoms in total. The molecule has 0 aliphatic heterocycles. The zero-order chi connectivity index (χ0) is 12.8. The summed E-state index contributed by atoms with van der Waals surface area (Å²) in [6, 6.07) is 9.85. The molecule has 0 bridgehead atoms. The van der Waals surface area contributed by atoms with E-state index < -0.39 is 0 Å². The molecule has 4 heteroatoms. The van der Waals surface area contributed by atoms with Crippen LogP contribution in [0.25, 0.3) is 0 Å². The summed E-state index contributed by atoms with van der Waals surface area (Å²) in [4.78, 5) is 1.17. The molecule has 1 heterocycles. The molecule has 18 heavy (non-hydrogen) atoms. The summed E-state index contributed by atoms with van der Waals surface area (Å²) in [7, 11) is 0. The van der Waals surface area contributed by atoms with Crippen molar-refractivity contribution in [3.63, 3.8) is 0 Å². The third kappa shape index (κ3) is 3.31. The fraction of sp³-hybridized carbons (Fsp3) is 0.286. The third-order valence-electron chi connectivity index (χ3n) is 2.60. The smallest absolute Gasteiger partial charge is 0.123 e. The van der Waals surface area contributed by atoms with Crippen LogP contribution in [-0.2, 0) is 6.54 Å². The van der Waals surface area contributed by atoms with E-state index in [0.29, 0.717) is 13.2 Å². The summed E-state index contributed by atoms with van der Waals surface area (Å²) in [5, 5.41) is 0. The van der Waals surface area contributed by atoms with Crippen LogP contribution in [-0.4, -0.2) is 12.4 Å². The maximum atomic E-state index is 5.73. The largest absolute Gasteiger partial charge is 0.492 e. The normalized spacial score (nSPS) is 10.6. The molecule has 2 aromatic rings. The van der Waals surface area contributed by atoms with Gasteiger partial charge in [-0.05, 0) is 19.1 Å². The van der Waals surface area contributed by atoms with E-state index in [1.54, 1.807) is 18.0 Å². The summed E-state index contributed by atoms with van der Waals surface area (Å²) in [6.45, 7) is 3.13. The molecule has 0 amide bonds. The van der Waals surface area contributed by atoms with Crippen molar-refractivity contribution in [2.45, 2.75) is 18.4 Å². The molecule has 2 N–H and O–H groups in total. The maximum Gasteiger partial charge on any atom is 0.123 e. The Morgan fingerprint density at radius 1 is 1.28 bits per heavy atom. The van der Waals surface area contributed by atoms with Gasteiger partial charge in [0, 0.05) is 22.8 Å². The highest BCUT2D eigenvalue weighted by atomic mass is 32.2. The number of benzene rings is 1. The SMILES string of the molecule is Cc1occc1SCCOc1ccccc1CN. The van der Waals surface area contributed by atoms with Crippen molar-refractivity contribution in [1.82, 2.24) is 0 Å². The van der Waals surface area contributed by atoms with Gasteiger partial charge in [-0.15, -0.1) is 11.8 Å². The highest BCUT2D eigenvalue weighted by Crippen LogP contribution is 2.23. The molecule has 0 spiro atoms. The number of furan rings is 1. The van der Waals surface area contributed by atoms with Crippen molar-refractivity contribution < 1.29 is 9.15 Å². The van der Waals surface area contributed by atoms with Crippen LogP contribution >= 0.6 is 11.8 Å². The third-order valence-corrected chi connectivity index (χ3v) is 3.71. The molecule has 96 valence electrons. The van der Waals surface area contributed by atoms with Crippen molar-refractivity contribution in [3.8, 4) is 5.75 Å². The number of hydrogen-bond acceptors (Lipinski definition) is 4. The summed E-state index contributed by atoms with van der Waals surface area (Å²) in [5.74, 6) is 2.73. The molecular formula is C14H17NO2S. The summed E-state index contributed by atoms with van der Waals surface area (Å²) in [6.07, 6.45) is 1.71. The van der Waals surface area contributed by atoms with E-state index in [1.165, 1.54) is 4.90 Å². The molecule has 0 radical (unpaired) electrons. The molecule has 0 fully saturated rings. The second-order valence-electron chi connectivity index (χ2n) is 3.85. The van der Waals surface area contributed by atoms with Gasteiger partial charge in [0.1, 0.15) is 11.5 Å². The molecule has 0 aliphatic rings. The zero-order valence-electron chi connectivity index (χ0n) is 10.4. The van der Waals surface area contributed by atoms with Crippen LogP contribution < -0.4 is 10.5 Å². The first kappa shape index (κ1) is 13.1. The molecule has 0 saturated heterocycles. The van der Waals surface area contributed by atoms with Gasteiger partial charge >= 0.3 is 0 Å². The summed E-state index contributed by atoms with van der Waals surface area (Å²) >= 11 is 1.74. The molecule has 1 aromatic carbocycles. The van der Waals surface area contributed by atoms with Gasteiger partial charge in [-0.3, -0.25) is 0 Å². The van der Waals surface area contributed by atoms with Crippen molar-refractivity contribution in [2.24, 2.45) is 5.73 Å². The molecule has 0 unspecified atom stereocenters. The first-order chi connectivity index (χ1) is 8.81. The van der Waals surface area contributed by atoms with Crippen LogP contribution in [0.1, 0.15) is 11.3 Å². The van der Waals surface area contributed by atoms with E-state index in [2.05, 4.69) is 0 Å². The highest BCUT2D eigenvalue weighted by Gasteiger charge is 2.03. The van der Waals surface area contributed by atoms with Crippen molar-refractivity contribution in [3.05, 3.63) is 47.9 Å². The van der Waals surface area contributed by atoms with Crippen LogP contribution in [0.2, 0.25) is 0 Å². The van der Waals surface area contributed by atoms with E-state index >= 15 is 0 Å². The number of ether oxygens (including phenoxy) is 1. The Labute approximate surface area is 111 Å². The molecule has 1 aromatic heterocycles. The molecule has 0 atom stereocenters. The van der Waals surface area contributed by atoms with Gasteiger partial charge in [-0.2, -0.15) is 0 Å². The van der Waals surface area contributed by atoms with Crippen molar-refractivity contribution in [2.75, 3.05) is 12.4 Å². The Morgan fingerprint density at radius 2 is 2.11 bits per heavy atom. The van der Waals surface area contributed by atoms with Gasteiger partial charge < -0.3 is 14.9 Å². The molecule has 0 aliphatic carbocycles. The number of thioether (sulfide) groups is 1. The first-order valence-corrected chi connectivity index (χ1v) is 6.87. The molecule has 0 saturated carbocycles. The monoisotopic (exact) mass is 263 g/mol. The van der Waals surface area contributed by atoms with Crippen LogP contribution in [0.4, 0.5) is 0 Å². The standard InChI is InChI=1S/C14H17NO2S/c1-11-14(6-7-16-11)18-9-8-17-13-5-3-2-4-12(13)10-15/h2-7H,8-10,15H2,1H3. The Kier molecular flexibility index (Phi) is 4.73. The second kappa shape index (κ2) is 6.52. The minimum atomic E-state index is 0.504. The predicted molar refractivity (Wildman–Crippen MR) is 74.0 cm³/mol. The molecular weight excluding hydrogens is 246 g/mol. The Bertz CT molecular complexity index is 496. The quantitative estimate of drug-likeness (QED) is 0.642. The number of aryl methyl sites for hydroxylation is 1. The van der Waals surface area contributed by atoms with E-state index in [0.717, 1.165) is 22.8 Å². The second-order valence-corrected chi connectivity index (χ2v) is 4.99. The van der Waals surface area contributed by atoms with Gasteiger partial charge in [0.15, 0.2) is 0 Å². The van der Waals surface area contributed by atoms with E-state index in [-0.39, 0.29) is 0 Å². The lowest BCUT2D eigenvalue weighted by Crippen LogP contribution is -2.05. The Balaban J connectivity index is 1.80. The topological polar surface area (TPSA) is 48.4 Å². The van der Waals surface area contributed by atoms with Crippen LogP contribution in [0.5, 0.6) is 5.75 Å². The van der Waals surface area contributed by atoms with Crippen molar-refractivity contribution >= 4 is 11.8 Å². The fourth-order valence-corrected chi connectivity index (χ4v) is 2.43. The van der Waals surface area contributed by atoms with Crippen LogP contribution in [0.15, 0.2) is 45.9 Å². The van der Waals surface area contributed by atoms with Crippen LogP contribution in [0, 0.1) is 6.92 Å². The lowest BCUT2D eigenvalue weighted by molar-refractivity contribution is 0.340. The minimum Gasteiger partial charge on any atom is -0.492 e. The Morgan fingerprint density at radius 3 is 2.83 bits per heavy atom. The lowest BCUT2D eigenvalue weighted by atomic mass is 10.2. The van der Waals surface area contributed by atoms with E-state index in [4.69, 9.17) is 14.9 Å². The predicted octanol–water partition coefficient (Wildman–Crippen LogP) is 3.22. The number of para-hydroxylation sites is 1. The fourth-order valence-electron chi connectivity index (χ4n) is 1.64. The van der Waals surface area contributed by atoms with Gasteiger partial charge in [-0.1, -0.05) is 18.2 Å². The zero-order valence-corrected chi connectivity index (χ0v) is 11.2. The number of hydrogen-bond donors (Lipinski definition) is 1. The van der Waals surface area contributed by atoms with Gasteiger partial charge in [0.2, 0.25) is 0 Å². The van der Waals surface area contributed by atoms with Gasteiger partial charge in [0.25, 0.3) is 0 Å². The average molecular weight is 263 g/mol. The summed E-state index contributed by atoms with van der Waals surface area (Å²) in [5.41, 5.74) is 6.70. The van der Waals surface area contributed by atoms with Gasteiger partial charge in [-0.25, -0.2) is 0 Å². The van der Waals surface area contributed by atoms with E-state index in [9.17, 15) is 0 Å². The van der Waals surface area contributed by atoms with Crippen LogP contribution in [0.3, 0.4) is 0 Å².